The second-order valence-electron chi connectivity index (χ2n) is 9.27. The van der Waals surface area contributed by atoms with Crippen LogP contribution in [0, 0.1) is 11.3 Å². The van der Waals surface area contributed by atoms with Gasteiger partial charge in [0.1, 0.15) is 22.3 Å². The Labute approximate surface area is 241 Å². The van der Waals surface area contributed by atoms with Crippen LogP contribution in [-0.2, 0) is 11.0 Å². The number of hydrogen-bond acceptors (Lipinski definition) is 5. The molecule has 6 nitrogen and oxygen atoms in total. The number of alkyl halides is 3. The number of nitriles is 1. The van der Waals surface area contributed by atoms with Crippen LogP contribution in [0.15, 0.2) is 106 Å². The number of para-hydroxylation sites is 1. The zero-order valence-corrected chi connectivity index (χ0v) is 22.9. The van der Waals surface area contributed by atoms with Gasteiger partial charge in [-0.1, -0.05) is 60.7 Å². The number of thiazole rings is 1. The molecule has 0 aliphatic heterocycles. The first-order valence-corrected chi connectivity index (χ1v) is 13.5. The summed E-state index contributed by atoms with van der Waals surface area (Å²) >= 11 is 0.936. The lowest BCUT2D eigenvalue weighted by molar-refractivity contribution is -0.137. The number of carbonyl (C=O) groups excluding carboxylic acids is 1. The van der Waals surface area contributed by atoms with E-state index in [1.54, 1.807) is 37.3 Å². The molecule has 5 rings (SSSR count). The van der Waals surface area contributed by atoms with Crippen molar-refractivity contribution in [1.82, 2.24) is 9.88 Å². The molecule has 2 aromatic heterocycles. The predicted molar refractivity (Wildman–Crippen MR) is 154 cm³/mol. The van der Waals surface area contributed by atoms with Crippen molar-refractivity contribution in [2.45, 2.75) is 19.1 Å². The number of nitrogens with one attached hydrogen (secondary N) is 1. The molecule has 0 saturated carbocycles. The Kier molecular flexibility index (Phi) is 7.95. The van der Waals surface area contributed by atoms with Crippen molar-refractivity contribution in [3.63, 3.8) is 0 Å². The van der Waals surface area contributed by atoms with E-state index in [0.717, 1.165) is 29.0 Å². The molecule has 3 aromatic carbocycles. The summed E-state index contributed by atoms with van der Waals surface area (Å²) in [7, 11) is 0. The summed E-state index contributed by atoms with van der Waals surface area (Å²) in [5.41, 5.74) is -0.0212. The fourth-order valence-corrected chi connectivity index (χ4v) is 5.40. The molecule has 5 aromatic rings. The van der Waals surface area contributed by atoms with Crippen LogP contribution in [0.1, 0.15) is 29.9 Å². The van der Waals surface area contributed by atoms with Crippen LogP contribution in [0.3, 0.4) is 0 Å². The van der Waals surface area contributed by atoms with E-state index >= 15 is 0 Å². The highest BCUT2D eigenvalue weighted by Gasteiger charge is 2.30. The van der Waals surface area contributed by atoms with E-state index in [0.29, 0.717) is 5.69 Å². The first-order valence-electron chi connectivity index (χ1n) is 12.7. The van der Waals surface area contributed by atoms with Crippen LogP contribution in [-0.4, -0.2) is 10.5 Å². The van der Waals surface area contributed by atoms with Crippen molar-refractivity contribution in [2.75, 3.05) is 0 Å². The fourth-order valence-electron chi connectivity index (χ4n) is 4.31. The lowest BCUT2D eigenvalue weighted by Gasteiger charge is -2.13. The third kappa shape index (κ3) is 5.96. The minimum atomic E-state index is -4.51. The van der Waals surface area contributed by atoms with Gasteiger partial charge in [0.15, 0.2) is 5.57 Å². The van der Waals surface area contributed by atoms with Crippen LogP contribution >= 0.6 is 11.3 Å². The van der Waals surface area contributed by atoms with E-state index < -0.39 is 29.2 Å². The highest BCUT2D eigenvalue weighted by atomic mass is 32.1. The summed E-state index contributed by atoms with van der Waals surface area (Å²) in [6, 6.07) is 27.2. The summed E-state index contributed by atoms with van der Waals surface area (Å²) in [6.45, 7) is 1.79. The minimum Gasteiger partial charge on any atom is -0.457 e. The zero-order chi connectivity index (χ0) is 29.9. The topological polar surface area (TPSA) is 88.0 Å². The van der Waals surface area contributed by atoms with Crippen LogP contribution in [0.25, 0.3) is 28.7 Å². The molecule has 1 atom stereocenters. The molecule has 0 spiro atoms. The minimum absolute atomic E-state index is 0.127. The zero-order valence-electron chi connectivity index (χ0n) is 22.1. The van der Waals surface area contributed by atoms with Gasteiger partial charge < -0.3 is 9.73 Å². The lowest BCUT2D eigenvalue weighted by atomic mass is 10.1. The molecule has 2 heterocycles. The maximum absolute atomic E-state index is 13.6. The quantitative estimate of drug-likeness (QED) is 0.283. The van der Waals surface area contributed by atoms with Crippen molar-refractivity contribution in [2.24, 2.45) is 0 Å². The van der Waals surface area contributed by atoms with Gasteiger partial charge in [-0.05, 0) is 48.9 Å². The van der Waals surface area contributed by atoms with Gasteiger partial charge in [-0.2, -0.15) is 18.4 Å². The number of carbonyl (C=O) groups is 1. The van der Waals surface area contributed by atoms with Gasteiger partial charge in [-0.3, -0.25) is 14.2 Å². The Hall–Kier alpha value is -5.14. The number of furan rings is 1. The highest BCUT2D eigenvalue weighted by molar-refractivity contribution is 7.07. The van der Waals surface area contributed by atoms with E-state index in [9.17, 15) is 28.0 Å². The summed E-state index contributed by atoms with van der Waals surface area (Å²) in [5, 5.41) is 12.9. The van der Waals surface area contributed by atoms with Gasteiger partial charge in [0.25, 0.3) is 11.5 Å². The molecule has 1 amide bonds. The predicted octanol–water partition coefficient (Wildman–Crippen LogP) is 5.56. The molecule has 0 radical (unpaired) electrons. The maximum Gasteiger partial charge on any atom is 0.416 e. The monoisotopic (exact) mass is 585 g/mol. The van der Waals surface area contributed by atoms with Crippen molar-refractivity contribution in [3.8, 4) is 23.1 Å². The molecule has 10 heteroatoms. The third-order valence-electron chi connectivity index (χ3n) is 6.41. The number of aromatic nitrogens is 1. The third-order valence-corrected chi connectivity index (χ3v) is 7.50. The molecular weight excluding hydrogens is 563 g/mol. The number of rotatable bonds is 6. The smallest absolute Gasteiger partial charge is 0.416 e. The normalized spacial score (nSPS) is 13.4. The largest absolute Gasteiger partial charge is 0.457 e. The van der Waals surface area contributed by atoms with Gasteiger partial charge >= 0.3 is 6.18 Å². The Balaban J connectivity index is 1.60. The molecule has 1 N–H and O–H groups in total. The Morgan fingerprint density at radius 1 is 1.00 bits per heavy atom. The molecule has 0 saturated heterocycles. The van der Waals surface area contributed by atoms with E-state index in [1.807, 2.05) is 36.4 Å². The van der Waals surface area contributed by atoms with Crippen molar-refractivity contribution in [3.05, 3.63) is 133 Å². The summed E-state index contributed by atoms with van der Waals surface area (Å²) in [6.07, 6.45) is -3.07. The molecule has 210 valence electrons. The fraction of sp³-hybridized carbons (Fsp3) is 0.0938. The van der Waals surface area contributed by atoms with Gasteiger partial charge in [0, 0.05) is 11.6 Å². The second kappa shape index (κ2) is 11.8. The van der Waals surface area contributed by atoms with E-state index in [-0.39, 0.29) is 31.9 Å². The Morgan fingerprint density at radius 3 is 2.36 bits per heavy atom. The standard InChI is InChI=1S/C32H22F3N3O3S/c1-20(21-9-4-2-5-10-21)37-29(39)26(19-36)31-38(24-13-6-3-7-14-24)30(40)28(42-31)18-25-15-16-27(41-25)22-11-8-12-23(17-22)32(33,34)35/h2-18,20H,1H3,(H,37,39). The molecule has 0 aliphatic rings. The van der Waals surface area contributed by atoms with Gasteiger partial charge in [-0.25, -0.2) is 0 Å². The highest BCUT2D eigenvalue weighted by Crippen LogP contribution is 2.32. The van der Waals surface area contributed by atoms with Crippen LogP contribution in [0.4, 0.5) is 13.2 Å². The van der Waals surface area contributed by atoms with E-state index in [1.165, 1.54) is 34.9 Å². The number of benzene rings is 3. The summed E-state index contributed by atoms with van der Waals surface area (Å²) < 4.78 is 46.9. The first-order chi connectivity index (χ1) is 20.2. The van der Waals surface area contributed by atoms with E-state index in [2.05, 4.69) is 5.32 Å². The molecular formula is C32H22F3N3O3S. The molecule has 0 fully saturated rings. The lowest BCUT2D eigenvalue weighted by Crippen LogP contribution is -2.34. The van der Waals surface area contributed by atoms with Crippen molar-refractivity contribution >= 4 is 28.9 Å². The number of amides is 1. The summed E-state index contributed by atoms with van der Waals surface area (Å²) in [5.74, 6) is -0.240. The second-order valence-corrected chi connectivity index (χ2v) is 10.3. The molecule has 0 bridgehead atoms. The first kappa shape index (κ1) is 28.4. The Morgan fingerprint density at radius 2 is 1.69 bits per heavy atom. The summed E-state index contributed by atoms with van der Waals surface area (Å²) in [4.78, 5) is 26.9. The van der Waals surface area contributed by atoms with Crippen LogP contribution in [0.5, 0.6) is 0 Å². The average molecular weight is 586 g/mol. The Bertz CT molecular complexity index is 1970. The number of hydrogen-bond donors (Lipinski definition) is 1. The van der Waals surface area contributed by atoms with Gasteiger partial charge in [-0.15, -0.1) is 11.3 Å². The van der Waals surface area contributed by atoms with Crippen molar-refractivity contribution < 1.29 is 22.4 Å². The van der Waals surface area contributed by atoms with Crippen LogP contribution < -0.4 is 20.1 Å². The maximum atomic E-state index is 13.6. The average Bonchev–Trinajstić information content (AvgIpc) is 3.58. The van der Waals surface area contributed by atoms with Crippen molar-refractivity contribution in [1.29, 1.82) is 5.26 Å². The number of nitrogens with zero attached hydrogens (tertiary/aromatic N) is 2. The van der Waals surface area contributed by atoms with Gasteiger partial charge in [0.05, 0.1) is 21.8 Å². The van der Waals surface area contributed by atoms with Gasteiger partial charge in [0.2, 0.25) is 0 Å². The SMILES string of the molecule is CC(NC(=O)C(C#N)=c1sc(=Cc2ccc(-c3cccc(C(F)(F)F)c3)o2)c(=O)n1-c1ccccc1)c1ccccc1. The molecule has 42 heavy (non-hydrogen) atoms. The molecule has 0 aliphatic carbocycles. The molecule has 1 unspecified atom stereocenters. The number of halogens is 3. The van der Waals surface area contributed by atoms with E-state index in [4.69, 9.17) is 4.42 Å². The van der Waals surface area contributed by atoms with Crippen LogP contribution in [0.2, 0.25) is 0 Å².